The van der Waals surface area contributed by atoms with Crippen molar-refractivity contribution in [3.8, 4) is 0 Å². The van der Waals surface area contributed by atoms with Crippen LogP contribution < -0.4 is 21.3 Å². The van der Waals surface area contributed by atoms with Gasteiger partial charge in [-0.1, -0.05) is 48.5 Å². The van der Waals surface area contributed by atoms with Gasteiger partial charge < -0.3 is 21.3 Å². The fourth-order valence-corrected chi connectivity index (χ4v) is 6.99. The van der Waals surface area contributed by atoms with Gasteiger partial charge in [-0.15, -0.1) is 0 Å². The monoisotopic (exact) mass is 940 g/mol. The Morgan fingerprint density at radius 2 is 0.500 bits per heavy atom. The van der Waals surface area contributed by atoms with E-state index in [1.165, 1.54) is 48.5 Å². The third-order valence-corrected chi connectivity index (χ3v) is 10.9. The Morgan fingerprint density at radius 1 is 0.338 bits per heavy atom. The number of carbonyl (C=O) groups is 4. The van der Waals surface area contributed by atoms with Gasteiger partial charge in [0.2, 0.25) is 23.6 Å². The SMILES string of the molecule is O=C(CN1CCN(CC(=O)NCc2ccc([N+](=O)[O-])cc2)CCN(CC(=O)NCc2ccc([N+](=O)[O-])cc2)CCN(CC(=O)NCc2ccc([N+](=O)[O-])cc2)CC1)NCc1ccc([N+](=O)[O-])cc1. The molecule has 0 aliphatic carbocycles. The third kappa shape index (κ3) is 17.5. The maximum Gasteiger partial charge on any atom is 0.269 e. The summed E-state index contributed by atoms with van der Waals surface area (Å²) in [6.07, 6.45) is 0. The standard InChI is InChI=1S/C44H52N12O12/c57-41(45-25-33-1-9-37(10-2-33)53(61)62)29-49-17-19-50(30-42(58)46-26-34-3-11-38(12-4-34)54(63)64)21-23-52(32-44(60)48-28-36-7-15-40(16-8-36)56(67)68)24-22-51(20-18-49)31-43(59)47-27-35-5-13-39(14-6-35)55(65)66/h1-16H,17-32H2,(H,45,57)(H,46,58)(H,47,59)(H,48,60). The molecule has 0 saturated carbocycles. The van der Waals surface area contributed by atoms with Gasteiger partial charge in [0, 0.05) is 127 Å². The lowest BCUT2D eigenvalue weighted by atomic mass is 10.2. The number of nitrogens with one attached hydrogen (secondary N) is 4. The molecule has 5 rings (SSSR count). The molecular formula is C44H52N12O12. The number of rotatable bonds is 20. The molecule has 0 aromatic heterocycles. The van der Waals surface area contributed by atoms with Crippen LogP contribution in [0.1, 0.15) is 22.3 Å². The number of nitrogens with zero attached hydrogens (tertiary/aromatic N) is 8. The number of amides is 4. The average Bonchev–Trinajstić information content (AvgIpc) is 3.32. The summed E-state index contributed by atoms with van der Waals surface area (Å²) >= 11 is 0. The Bertz CT molecular complexity index is 2040. The van der Waals surface area contributed by atoms with Crippen molar-refractivity contribution in [2.75, 3.05) is 78.5 Å². The summed E-state index contributed by atoms with van der Waals surface area (Å²) in [5.41, 5.74) is 2.27. The largest absolute Gasteiger partial charge is 0.351 e. The van der Waals surface area contributed by atoms with E-state index in [2.05, 4.69) is 21.3 Å². The van der Waals surface area contributed by atoms with Gasteiger partial charge in [0.1, 0.15) is 0 Å². The highest BCUT2D eigenvalue weighted by atomic mass is 16.6. The number of hydrogen-bond acceptors (Lipinski definition) is 16. The molecule has 1 heterocycles. The van der Waals surface area contributed by atoms with Crippen LogP contribution in [0.4, 0.5) is 22.7 Å². The molecule has 360 valence electrons. The first-order chi connectivity index (χ1) is 32.6. The topological polar surface area (TPSA) is 302 Å². The molecule has 0 atom stereocenters. The second-order valence-corrected chi connectivity index (χ2v) is 15.9. The highest BCUT2D eigenvalue weighted by Crippen LogP contribution is 2.15. The van der Waals surface area contributed by atoms with E-state index < -0.39 is 19.7 Å². The van der Waals surface area contributed by atoms with Crippen LogP contribution in [0, 0.1) is 40.5 Å². The molecule has 4 aromatic rings. The summed E-state index contributed by atoms with van der Waals surface area (Å²) < 4.78 is 0. The van der Waals surface area contributed by atoms with Crippen LogP contribution in [-0.2, 0) is 45.4 Å². The van der Waals surface area contributed by atoms with E-state index in [1.54, 1.807) is 48.5 Å². The van der Waals surface area contributed by atoms with E-state index in [9.17, 15) is 59.6 Å². The Hall–Kier alpha value is -7.80. The average molecular weight is 941 g/mol. The van der Waals surface area contributed by atoms with Crippen LogP contribution >= 0.6 is 0 Å². The summed E-state index contributed by atoms with van der Waals surface area (Å²) in [7, 11) is 0. The Labute approximate surface area is 389 Å². The number of nitro groups is 4. The maximum absolute atomic E-state index is 13.4. The molecule has 0 unspecified atom stereocenters. The van der Waals surface area contributed by atoms with Gasteiger partial charge in [-0.25, -0.2) is 0 Å². The summed E-state index contributed by atoms with van der Waals surface area (Å²) in [6, 6.07) is 23.2. The van der Waals surface area contributed by atoms with Gasteiger partial charge in [0.15, 0.2) is 0 Å². The normalized spacial score (nSPS) is 14.4. The highest BCUT2D eigenvalue weighted by molar-refractivity contribution is 5.79. The lowest BCUT2D eigenvalue weighted by Crippen LogP contribution is -2.51. The fourth-order valence-electron chi connectivity index (χ4n) is 6.99. The van der Waals surface area contributed by atoms with Crippen LogP contribution in [-0.4, -0.2) is 141 Å². The van der Waals surface area contributed by atoms with Gasteiger partial charge in [0.05, 0.1) is 45.9 Å². The van der Waals surface area contributed by atoms with Crippen molar-refractivity contribution < 1.29 is 38.9 Å². The number of hydrogen-bond donors (Lipinski definition) is 4. The number of nitro benzene ring substituents is 4. The van der Waals surface area contributed by atoms with Crippen LogP contribution in [0.15, 0.2) is 97.1 Å². The number of benzene rings is 4. The summed E-state index contributed by atoms with van der Waals surface area (Å²) in [5, 5.41) is 55.8. The first-order valence-electron chi connectivity index (χ1n) is 21.5. The van der Waals surface area contributed by atoms with Gasteiger partial charge in [-0.05, 0) is 22.3 Å². The van der Waals surface area contributed by atoms with E-state index in [-0.39, 0.29) is 98.7 Å². The van der Waals surface area contributed by atoms with E-state index in [4.69, 9.17) is 0 Å². The third-order valence-electron chi connectivity index (χ3n) is 10.9. The van der Waals surface area contributed by atoms with E-state index in [1.807, 2.05) is 19.6 Å². The van der Waals surface area contributed by atoms with Crippen molar-refractivity contribution in [1.29, 1.82) is 0 Å². The zero-order valence-electron chi connectivity index (χ0n) is 37.0. The molecule has 68 heavy (non-hydrogen) atoms. The minimum atomic E-state index is -0.516. The summed E-state index contributed by atoms with van der Waals surface area (Å²) in [6.45, 7) is 2.63. The quantitative estimate of drug-likeness (QED) is 0.0729. The Kier molecular flexibility index (Phi) is 19.4. The predicted molar refractivity (Wildman–Crippen MR) is 246 cm³/mol. The van der Waals surface area contributed by atoms with Crippen molar-refractivity contribution in [2.24, 2.45) is 0 Å². The predicted octanol–water partition coefficient (Wildman–Crippen LogP) is 2.11. The first kappa shape index (κ1) is 51.2. The first-order valence-corrected chi connectivity index (χ1v) is 21.5. The number of non-ortho nitro benzene ring substituents is 4. The smallest absolute Gasteiger partial charge is 0.269 e. The van der Waals surface area contributed by atoms with Crippen molar-refractivity contribution >= 4 is 46.4 Å². The zero-order valence-corrected chi connectivity index (χ0v) is 37.0. The van der Waals surface area contributed by atoms with Crippen LogP contribution in [0.3, 0.4) is 0 Å². The molecule has 1 fully saturated rings. The van der Waals surface area contributed by atoms with Crippen LogP contribution in [0.2, 0.25) is 0 Å². The molecule has 4 aromatic carbocycles. The van der Waals surface area contributed by atoms with Crippen molar-refractivity contribution in [2.45, 2.75) is 26.2 Å². The molecule has 0 bridgehead atoms. The van der Waals surface area contributed by atoms with Gasteiger partial charge >= 0.3 is 0 Å². The van der Waals surface area contributed by atoms with Crippen molar-refractivity contribution in [3.05, 3.63) is 160 Å². The molecule has 0 spiro atoms. The zero-order chi connectivity index (χ0) is 49.0. The second kappa shape index (κ2) is 25.8. The molecule has 1 aliphatic heterocycles. The molecule has 1 saturated heterocycles. The van der Waals surface area contributed by atoms with Gasteiger partial charge in [-0.2, -0.15) is 0 Å². The number of carbonyl (C=O) groups excluding carboxylic acids is 4. The van der Waals surface area contributed by atoms with Gasteiger partial charge in [-0.3, -0.25) is 79.2 Å². The molecule has 24 nitrogen and oxygen atoms in total. The fraction of sp³-hybridized carbons (Fsp3) is 0.364. The van der Waals surface area contributed by atoms with Gasteiger partial charge in [0.25, 0.3) is 22.7 Å². The molecule has 4 amide bonds. The minimum absolute atomic E-state index is 0.0611. The van der Waals surface area contributed by atoms with Crippen molar-refractivity contribution in [3.63, 3.8) is 0 Å². The van der Waals surface area contributed by atoms with Crippen LogP contribution in [0.25, 0.3) is 0 Å². The Morgan fingerprint density at radius 3 is 0.647 bits per heavy atom. The summed E-state index contributed by atoms with van der Waals surface area (Å²) in [5.74, 6) is -1.33. The lowest BCUT2D eigenvalue weighted by molar-refractivity contribution is -0.385. The maximum atomic E-state index is 13.4. The molecular weight excluding hydrogens is 889 g/mol. The molecule has 1 aliphatic rings. The minimum Gasteiger partial charge on any atom is -0.351 e. The highest BCUT2D eigenvalue weighted by Gasteiger charge is 2.22. The van der Waals surface area contributed by atoms with Crippen molar-refractivity contribution in [1.82, 2.24) is 40.9 Å². The Balaban J connectivity index is 1.30. The molecule has 4 N–H and O–H groups in total. The van der Waals surface area contributed by atoms with Crippen LogP contribution in [0.5, 0.6) is 0 Å². The lowest BCUT2D eigenvalue weighted by Gasteiger charge is -2.33. The molecule has 24 heteroatoms. The van der Waals surface area contributed by atoms with E-state index >= 15 is 0 Å². The molecule has 0 radical (unpaired) electrons. The summed E-state index contributed by atoms with van der Waals surface area (Å²) in [4.78, 5) is 103. The van der Waals surface area contributed by atoms with E-state index in [0.29, 0.717) is 74.6 Å². The second-order valence-electron chi connectivity index (χ2n) is 15.9. The van der Waals surface area contributed by atoms with E-state index in [0.717, 1.165) is 0 Å².